The van der Waals surface area contributed by atoms with Crippen LogP contribution in [0.3, 0.4) is 0 Å². The van der Waals surface area contributed by atoms with Gasteiger partial charge in [-0.2, -0.15) is 23.5 Å². The number of nitrogens with one attached hydrogen (secondary N) is 2. The average molecular weight is 504 g/mol. The Morgan fingerprint density at radius 2 is 2.11 bits per heavy atom. The molecule has 0 radical (unpaired) electrons. The lowest BCUT2D eigenvalue weighted by Gasteiger charge is -2.33. The van der Waals surface area contributed by atoms with Gasteiger partial charge in [-0.1, -0.05) is 13.0 Å². The molecule has 1 aromatic carbocycles. The second-order valence-electron chi connectivity index (χ2n) is 8.22. The van der Waals surface area contributed by atoms with Crippen molar-refractivity contribution in [2.45, 2.75) is 44.9 Å². The predicted molar refractivity (Wildman–Crippen MR) is 122 cm³/mol. The van der Waals surface area contributed by atoms with E-state index in [-0.39, 0.29) is 24.7 Å². The molecule has 0 aliphatic carbocycles. The molecule has 2 aliphatic heterocycles. The van der Waals surface area contributed by atoms with Gasteiger partial charge in [0.2, 0.25) is 6.79 Å². The number of fused-ring (bicyclic) bond motifs is 2. The van der Waals surface area contributed by atoms with Gasteiger partial charge in [0.05, 0.1) is 11.6 Å². The number of alkyl halides is 3. The molecule has 0 saturated heterocycles. The highest BCUT2D eigenvalue weighted by Gasteiger charge is 2.47. The lowest BCUT2D eigenvalue weighted by molar-refractivity contribution is -0.173. The Morgan fingerprint density at radius 3 is 2.83 bits per heavy atom. The Kier molecular flexibility index (Phi) is 5.59. The first-order valence-corrected chi connectivity index (χ1v) is 11.7. The first kappa shape index (κ1) is 23.0. The average Bonchev–Trinajstić information content (AvgIpc) is 3.53. The lowest BCUT2D eigenvalue weighted by Crippen LogP contribution is -2.35. The van der Waals surface area contributed by atoms with Crippen molar-refractivity contribution >= 4 is 28.1 Å². The van der Waals surface area contributed by atoms with Gasteiger partial charge in [-0.05, 0) is 36.6 Å². The number of ether oxygens (including phenoxy) is 2. The number of amides is 1. The van der Waals surface area contributed by atoms with E-state index in [0.29, 0.717) is 34.0 Å². The van der Waals surface area contributed by atoms with E-state index in [4.69, 9.17) is 9.47 Å². The van der Waals surface area contributed by atoms with Gasteiger partial charge >= 0.3 is 6.18 Å². The van der Waals surface area contributed by atoms with Crippen LogP contribution >= 0.6 is 11.3 Å². The third-order valence-corrected chi connectivity index (χ3v) is 7.19. The Morgan fingerprint density at radius 1 is 1.34 bits per heavy atom. The maximum absolute atomic E-state index is 14.0. The largest absolute Gasteiger partial charge is 0.454 e. The molecular formula is C23H20F3N5O3S. The zero-order valence-electron chi connectivity index (χ0n) is 18.7. The molecule has 0 spiro atoms. The van der Waals surface area contributed by atoms with Crippen LogP contribution < -0.4 is 20.1 Å². The fraction of sp³-hybridized carbons (Fsp3) is 0.348. The summed E-state index contributed by atoms with van der Waals surface area (Å²) in [4.78, 5) is 13.8. The number of carbonyl (C=O) groups excluding carboxylic acids is 1. The van der Waals surface area contributed by atoms with Crippen molar-refractivity contribution < 1.29 is 27.4 Å². The Balaban J connectivity index is 1.45. The number of aromatic nitrogens is 2. The Hall–Kier alpha value is -3.72. The maximum atomic E-state index is 14.0. The molecule has 0 fully saturated rings. The van der Waals surface area contributed by atoms with Gasteiger partial charge in [0.15, 0.2) is 23.2 Å². The fourth-order valence-corrected chi connectivity index (χ4v) is 5.50. The van der Waals surface area contributed by atoms with E-state index in [1.807, 2.05) is 13.8 Å². The van der Waals surface area contributed by atoms with Crippen LogP contribution in [0.5, 0.6) is 11.5 Å². The summed E-state index contributed by atoms with van der Waals surface area (Å²) in [6, 6.07) is 5.78. The molecule has 0 saturated carbocycles. The summed E-state index contributed by atoms with van der Waals surface area (Å²) in [5.74, 6) is 0.392. The minimum absolute atomic E-state index is 0.0599. The van der Waals surface area contributed by atoms with Crippen molar-refractivity contribution in [3.05, 3.63) is 51.5 Å². The van der Waals surface area contributed by atoms with Gasteiger partial charge in [-0.3, -0.25) is 4.79 Å². The van der Waals surface area contributed by atoms with E-state index in [0.717, 1.165) is 15.1 Å². The Bertz CT molecular complexity index is 1360. The third kappa shape index (κ3) is 4.05. The summed E-state index contributed by atoms with van der Waals surface area (Å²) in [5.41, 5.74) is 1.62. The van der Waals surface area contributed by atoms with Gasteiger partial charge in [0, 0.05) is 17.4 Å². The number of thiophene rings is 1. The van der Waals surface area contributed by atoms with Crippen molar-refractivity contribution in [2.24, 2.45) is 0 Å². The van der Waals surface area contributed by atoms with Crippen molar-refractivity contribution in [1.29, 1.82) is 5.26 Å². The molecule has 4 heterocycles. The molecule has 3 aromatic rings. The number of hydrogen-bond acceptors (Lipinski definition) is 7. The molecule has 1 amide bonds. The molecule has 2 aromatic heterocycles. The van der Waals surface area contributed by atoms with E-state index in [1.165, 1.54) is 17.4 Å². The number of anilines is 2. The van der Waals surface area contributed by atoms with Crippen molar-refractivity contribution in [3.8, 4) is 17.6 Å². The second-order valence-corrected chi connectivity index (χ2v) is 9.45. The minimum atomic E-state index is -4.58. The van der Waals surface area contributed by atoms with Crippen LogP contribution in [0.15, 0.2) is 24.3 Å². The lowest BCUT2D eigenvalue weighted by atomic mass is 9.96. The topological polar surface area (TPSA) is 101 Å². The van der Waals surface area contributed by atoms with Crippen LogP contribution in [0, 0.1) is 18.3 Å². The highest BCUT2D eigenvalue weighted by molar-refractivity contribution is 7.16. The molecule has 12 heteroatoms. The number of halogens is 3. The van der Waals surface area contributed by atoms with Gasteiger partial charge in [0.1, 0.15) is 16.9 Å². The molecule has 182 valence electrons. The van der Waals surface area contributed by atoms with Crippen LogP contribution in [-0.2, 0) is 6.42 Å². The van der Waals surface area contributed by atoms with E-state index in [9.17, 15) is 23.2 Å². The van der Waals surface area contributed by atoms with Crippen molar-refractivity contribution in [1.82, 2.24) is 9.78 Å². The third-order valence-electron chi connectivity index (χ3n) is 6.12. The predicted octanol–water partition coefficient (Wildman–Crippen LogP) is 5.33. The normalized spacial score (nSPS) is 18.5. The number of nitrogens with zero attached hydrogens (tertiary/aromatic N) is 3. The molecule has 35 heavy (non-hydrogen) atoms. The highest BCUT2D eigenvalue weighted by Crippen LogP contribution is 2.45. The van der Waals surface area contributed by atoms with E-state index >= 15 is 0 Å². The van der Waals surface area contributed by atoms with E-state index in [1.54, 1.807) is 18.2 Å². The van der Waals surface area contributed by atoms with Crippen LogP contribution in [-0.4, -0.2) is 28.7 Å². The van der Waals surface area contributed by atoms with E-state index in [2.05, 4.69) is 21.8 Å². The zero-order chi connectivity index (χ0) is 24.9. The molecule has 2 atom stereocenters. The molecule has 0 bridgehead atoms. The number of aryl methyl sites for hydroxylation is 1. The standard InChI is InChI=1S/C23H20F3N5O3S/c1-3-13-11(2)35-22(14(13)9-27)29-21(32)16-8-20-28-15(7-19(23(24,25)26)31(20)30-16)12-4-5-17-18(6-12)34-10-33-17/h4-6,8,15,19,28H,3,7,10H2,1-2H3,(H,29,32)/t15-,19+/m0/s1. The van der Waals surface area contributed by atoms with Crippen molar-refractivity contribution in [2.75, 3.05) is 17.4 Å². The quantitative estimate of drug-likeness (QED) is 0.499. The van der Waals surface area contributed by atoms with Crippen LogP contribution in [0.25, 0.3) is 0 Å². The van der Waals surface area contributed by atoms with Crippen LogP contribution in [0.1, 0.15) is 57.5 Å². The molecule has 8 nitrogen and oxygen atoms in total. The smallest absolute Gasteiger partial charge is 0.410 e. The molecule has 5 rings (SSSR count). The monoisotopic (exact) mass is 503 g/mol. The summed E-state index contributed by atoms with van der Waals surface area (Å²) in [5, 5.41) is 19.6. The van der Waals surface area contributed by atoms with E-state index < -0.39 is 24.2 Å². The van der Waals surface area contributed by atoms with Crippen LogP contribution in [0.4, 0.5) is 24.0 Å². The summed E-state index contributed by atoms with van der Waals surface area (Å²) in [6.45, 7) is 3.82. The Labute approximate surface area is 202 Å². The summed E-state index contributed by atoms with van der Waals surface area (Å²) in [7, 11) is 0. The number of hydrogen-bond donors (Lipinski definition) is 2. The van der Waals surface area contributed by atoms with Gasteiger partial charge in [-0.15, -0.1) is 11.3 Å². The summed E-state index contributed by atoms with van der Waals surface area (Å²) in [6.07, 6.45) is -4.28. The maximum Gasteiger partial charge on any atom is 0.410 e. The van der Waals surface area contributed by atoms with Gasteiger partial charge in [-0.25, -0.2) is 4.68 Å². The summed E-state index contributed by atoms with van der Waals surface area (Å²) < 4.78 is 53.5. The highest BCUT2D eigenvalue weighted by atomic mass is 32.1. The van der Waals surface area contributed by atoms with Gasteiger partial charge in [0.25, 0.3) is 5.91 Å². The second kappa shape index (κ2) is 8.49. The number of rotatable bonds is 4. The molecular weight excluding hydrogens is 483 g/mol. The number of nitriles is 1. The first-order valence-electron chi connectivity index (χ1n) is 10.9. The fourth-order valence-electron chi connectivity index (χ4n) is 4.41. The zero-order valence-corrected chi connectivity index (χ0v) is 19.5. The van der Waals surface area contributed by atoms with Crippen LogP contribution in [0.2, 0.25) is 0 Å². The van der Waals surface area contributed by atoms with Gasteiger partial charge < -0.3 is 20.1 Å². The first-order chi connectivity index (χ1) is 16.7. The number of carbonyl (C=O) groups is 1. The molecule has 2 N–H and O–H groups in total. The molecule has 0 unspecified atom stereocenters. The minimum Gasteiger partial charge on any atom is -0.454 e. The summed E-state index contributed by atoms with van der Waals surface area (Å²) >= 11 is 1.25. The number of benzene rings is 1. The SMILES string of the molecule is CCc1c(C)sc(NC(=O)c2cc3n(n2)[C@@H](C(F)(F)F)C[C@@H](c2ccc4c(c2)OCO4)N3)c1C#N. The molecule has 2 aliphatic rings. The van der Waals surface area contributed by atoms with Crippen molar-refractivity contribution in [3.63, 3.8) is 0 Å².